The van der Waals surface area contributed by atoms with E-state index in [0.29, 0.717) is 0 Å². The molecule has 0 aliphatic heterocycles. The highest BCUT2D eigenvalue weighted by Crippen LogP contribution is 2.47. The second-order valence-corrected chi connectivity index (χ2v) is 9.06. The standard InChI is InChI=1S/C28H28N2O2/c1-29(2)17-18-30-19-25(22-11-5-8-14-26(22)30)28(27(31)32)23-12-6-3-9-20(23)15-16-21-10-4-7-13-24(21)28/h3-14,19H,15-18H2,1-2H3,(H,31,32). The zero-order chi connectivity index (χ0) is 22.3. The Morgan fingerprint density at radius 1 is 0.875 bits per heavy atom. The summed E-state index contributed by atoms with van der Waals surface area (Å²) in [6.07, 6.45) is 3.68. The number of nitrogens with zero attached hydrogens (tertiary/aromatic N) is 1. The van der Waals surface area contributed by atoms with Crippen LogP contribution in [-0.2, 0) is 29.6 Å². The Labute approximate surface area is 188 Å². The molecule has 0 unspecified atom stereocenters. The van der Waals surface area contributed by atoms with Gasteiger partial charge in [0.25, 0.3) is 0 Å². The molecule has 5 rings (SSSR count). The van der Waals surface area contributed by atoms with Gasteiger partial charge in [0.1, 0.15) is 0 Å². The Hall–Kier alpha value is -3.37. The third-order valence-electron chi connectivity index (χ3n) is 6.86. The number of nitrogens with one attached hydrogen (secondary N) is 1. The second-order valence-electron chi connectivity index (χ2n) is 9.06. The Kier molecular flexibility index (Phi) is 5.10. The molecule has 4 nitrogen and oxygen atoms in total. The number of hydrogen-bond acceptors (Lipinski definition) is 2. The number of carbonyl (C=O) groups excluding carboxylic acids is 1. The molecule has 32 heavy (non-hydrogen) atoms. The van der Waals surface area contributed by atoms with Crippen LogP contribution in [0.25, 0.3) is 10.9 Å². The first-order valence-corrected chi connectivity index (χ1v) is 11.3. The van der Waals surface area contributed by atoms with Crippen LogP contribution in [0.15, 0.2) is 79.0 Å². The van der Waals surface area contributed by atoms with Gasteiger partial charge in [0, 0.05) is 17.1 Å². The van der Waals surface area contributed by atoms with Gasteiger partial charge >= 0.3 is 0 Å². The van der Waals surface area contributed by atoms with Gasteiger partial charge in [0.2, 0.25) is 0 Å². The number of carbonyl (C=O) groups is 1. The van der Waals surface area contributed by atoms with Gasteiger partial charge in [-0.3, -0.25) is 0 Å². The molecule has 0 radical (unpaired) electrons. The van der Waals surface area contributed by atoms with Crippen LogP contribution < -0.4 is 10.0 Å². The number of fused-ring (bicyclic) bond motifs is 3. The molecule has 1 heterocycles. The second kappa shape index (κ2) is 7.95. The van der Waals surface area contributed by atoms with E-state index < -0.39 is 11.4 Å². The van der Waals surface area contributed by atoms with Gasteiger partial charge in [-0.15, -0.1) is 0 Å². The summed E-state index contributed by atoms with van der Waals surface area (Å²) in [6, 6.07) is 24.1. The molecule has 0 saturated carbocycles. The number of aliphatic carboxylic acids is 1. The summed E-state index contributed by atoms with van der Waals surface area (Å²) in [5.41, 5.74) is 4.29. The van der Waals surface area contributed by atoms with Crippen LogP contribution in [0, 0.1) is 0 Å². The van der Waals surface area contributed by atoms with Crippen molar-refractivity contribution in [3.8, 4) is 0 Å². The van der Waals surface area contributed by atoms with E-state index in [1.54, 1.807) is 0 Å². The zero-order valence-corrected chi connectivity index (χ0v) is 18.6. The van der Waals surface area contributed by atoms with E-state index in [-0.39, 0.29) is 0 Å². The highest BCUT2D eigenvalue weighted by molar-refractivity contribution is 5.98. The van der Waals surface area contributed by atoms with Crippen LogP contribution in [0.2, 0.25) is 0 Å². The molecule has 3 aromatic carbocycles. The number of carboxylic acid groups (broad SMARTS) is 1. The van der Waals surface area contributed by atoms with Crippen LogP contribution in [0.5, 0.6) is 0 Å². The van der Waals surface area contributed by atoms with Crippen LogP contribution in [0.4, 0.5) is 0 Å². The van der Waals surface area contributed by atoms with Crippen molar-refractivity contribution in [1.29, 1.82) is 0 Å². The third-order valence-corrected chi connectivity index (χ3v) is 6.86. The number of aryl methyl sites for hydroxylation is 2. The number of para-hydroxylation sites is 1. The lowest BCUT2D eigenvalue weighted by Crippen LogP contribution is -3.06. The van der Waals surface area contributed by atoms with Crippen molar-refractivity contribution in [3.05, 3.63) is 107 Å². The summed E-state index contributed by atoms with van der Waals surface area (Å²) < 4.78 is 2.21. The fourth-order valence-electron chi connectivity index (χ4n) is 5.32. The zero-order valence-electron chi connectivity index (χ0n) is 18.6. The molecule has 162 valence electrons. The number of benzene rings is 3. The molecule has 0 fully saturated rings. The average Bonchev–Trinajstić information content (AvgIpc) is 3.09. The first-order valence-electron chi connectivity index (χ1n) is 11.3. The van der Waals surface area contributed by atoms with Gasteiger partial charge in [-0.1, -0.05) is 66.7 Å². The van der Waals surface area contributed by atoms with Crippen molar-refractivity contribution in [3.63, 3.8) is 0 Å². The molecule has 4 aromatic rings. The highest BCUT2D eigenvalue weighted by Gasteiger charge is 2.44. The largest absolute Gasteiger partial charge is 0.548 e. The number of aromatic nitrogens is 1. The Morgan fingerprint density at radius 3 is 2.03 bits per heavy atom. The SMILES string of the molecule is C[NH+](C)CCn1cc(C2(C(=O)[O-])c3ccccc3CCc3ccccc32)c2ccccc21. The molecule has 1 N–H and O–H groups in total. The van der Waals surface area contributed by atoms with E-state index in [2.05, 4.69) is 43.1 Å². The van der Waals surface area contributed by atoms with Crippen LogP contribution in [-0.4, -0.2) is 31.2 Å². The minimum atomic E-state index is -1.36. The molecule has 0 atom stereocenters. The predicted molar refractivity (Wildman–Crippen MR) is 125 cm³/mol. The maximum absolute atomic E-state index is 13.3. The molecule has 0 spiro atoms. The predicted octanol–water partition coefficient (Wildman–Crippen LogP) is 1.97. The van der Waals surface area contributed by atoms with Crippen molar-refractivity contribution in [2.75, 3.05) is 20.6 Å². The molecule has 0 saturated heterocycles. The number of hydrogen-bond donors (Lipinski definition) is 1. The smallest absolute Gasteiger partial charge is 0.0949 e. The van der Waals surface area contributed by atoms with E-state index in [9.17, 15) is 9.90 Å². The number of likely N-dealkylation sites (N-methyl/N-ethyl adjacent to an activating group) is 1. The van der Waals surface area contributed by atoms with Crippen molar-refractivity contribution in [1.82, 2.24) is 4.57 Å². The minimum absolute atomic E-state index is 0.795. The number of quaternary nitrogens is 1. The first kappa shape index (κ1) is 20.5. The van der Waals surface area contributed by atoms with Gasteiger partial charge < -0.3 is 19.4 Å². The summed E-state index contributed by atoms with van der Waals surface area (Å²) in [7, 11) is 4.26. The molecule has 1 aliphatic carbocycles. The summed E-state index contributed by atoms with van der Waals surface area (Å²) in [5, 5.41) is 14.3. The monoisotopic (exact) mass is 424 g/mol. The lowest BCUT2D eigenvalue weighted by Gasteiger charge is -2.37. The minimum Gasteiger partial charge on any atom is -0.548 e. The molecule has 4 heteroatoms. The van der Waals surface area contributed by atoms with Crippen molar-refractivity contribution < 1.29 is 14.8 Å². The molecule has 0 bridgehead atoms. The summed E-state index contributed by atoms with van der Waals surface area (Å²) in [5.74, 6) is -1.07. The number of rotatable bonds is 5. The average molecular weight is 425 g/mol. The number of carboxylic acids is 1. The van der Waals surface area contributed by atoms with E-state index in [1.807, 2.05) is 54.6 Å². The Bertz CT molecular complexity index is 1250. The van der Waals surface area contributed by atoms with Gasteiger partial charge in [-0.25, -0.2) is 0 Å². The van der Waals surface area contributed by atoms with Gasteiger partial charge in [0.05, 0.1) is 38.6 Å². The maximum atomic E-state index is 13.3. The van der Waals surface area contributed by atoms with Gasteiger partial charge in [-0.2, -0.15) is 0 Å². The molecule has 1 aromatic heterocycles. The Morgan fingerprint density at radius 2 is 1.44 bits per heavy atom. The fraction of sp³-hybridized carbons (Fsp3) is 0.250. The fourth-order valence-corrected chi connectivity index (χ4v) is 5.32. The highest BCUT2D eigenvalue weighted by atomic mass is 16.4. The maximum Gasteiger partial charge on any atom is 0.0949 e. The van der Waals surface area contributed by atoms with Crippen LogP contribution >= 0.6 is 0 Å². The molecule has 0 amide bonds. The molecular formula is C28H28N2O2. The van der Waals surface area contributed by atoms with Crippen molar-refractivity contribution in [2.45, 2.75) is 24.8 Å². The van der Waals surface area contributed by atoms with Crippen molar-refractivity contribution >= 4 is 16.9 Å². The van der Waals surface area contributed by atoms with Gasteiger partial charge in [0.15, 0.2) is 0 Å². The lowest BCUT2D eigenvalue weighted by molar-refractivity contribution is -0.858. The lowest BCUT2D eigenvalue weighted by atomic mass is 9.68. The van der Waals surface area contributed by atoms with E-state index in [0.717, 1.165) is 64.7 Å². The third kappa shape index (κ3) is 3.06. The molecule has 1 aliphatic rings. The normalized spacial score (nSPS) is 14.7. The summed E-state index contributed by atoms with van der Waals surface area (Å²) in [6.45, 7) is 1.76. The van der Waals surface area contributed by atoms with Crippen LogP contribution in [0.3, 0.4) is 0 Å². The van der Waals surface area contributed by atoms with Crippen LogP contribution in [0.1, 0.15) is 27.8 Å². The van der Waals surface area contributed by atoms with E-state index in [4.69, 9.17) is 0 Å². The summed E-state index contributed by atoms with van der Waals surface area (Å²) >= 11 is 0. The Balaban J connectivity index is 1.89. The first-order chi connectivity index (χ1) is 15.5. The van der Waals surface area contributed by atoms with Crippen molar-refractivity contribution in [2.24, 2.45) is 0 Å². The van der Waals surface area contributed by atoms with Gasteiger partial charge in [-0.05, 0) is 46.7 Å². The topological polar surface area (TPSA) is 49.5 Å². The van der Waals surface area contributed by atoms with E-state index in [1.165, 1.54) is 4.90 Å². The summed E-state index contributed by atoms with van der Waals surface area (Å²) in [4.78, 5) is 14.7. The molecular weight excluding hydrogens is 396 g/mol. The quantitative estimate of drug-likeness (QED) is 0.533. The van der Waals surface area contributed by atoms with E-state index >= 15 is 0 Å².